The molecule has 2 fully saturated rings. The maximum Gasteiger partial charge on any atom is 4.00 e. The molecule has 0 aromatic rings. The van der Waals surface area contributed by atoms with Crippen LogP contribution in [0.3, 0.4) is 0 Å². The molecule has 0 aliphatic heterocycles. The Hall–Kier alpha value is -0.205. The molecule has 0 heterocycles. The van der Waals surface area contributed by atoms with E-state index >= 15 is 0 Å². The molecule has 0 bridgehead atoms. The van der Waals surface area contributed by atoms with E-state index in [9.17, 15) is 0 Å². The van der Waals surface area contributed by atoms with Crippen LogP contribution in [0.4, 0.5) is 0 Å². The van der Waals surface area contributed by atoms with Gasteiger partial charge < -0.3 is 31.8 Å². The van der Waals surface area contributed by atoms with Crippen LogP contribution in [0.2, 0.25) is 39.3 Å². The summed E-state index contributed by atoms with van der Waals surface area (Å²) in [6.07, 6.45) is 17.8. The molecule has 2 nitrogen and oxygen atoms in total. The predicted octanol–water partition coefficient (Wildman–Crippen LogP) is 6.86. The molecular formula is C26H51NOSi3Ti. The van der Waals surface area contributed by atoms with Crippen molar-refractivity contribution in [2.45, 2.75) is 65.0 Å². The van der Waals surface area contributed by atoms with Crippen LogP contribution in [-0.4, -0.2) is 33.5 Å². The number of hydrogen-bond donors (Lipinski definition) is 0. The Labute approximate surface area is 222 Å². The van der Waals surface area contributed by atoms with Crippen molar-refractivity contribution in [2.75, 3.05) is 0 Å². The minimum Gasteiger partial charge on any atom is -0.671 e. The zero-order chi connectivity index (χ0) is 21.5. The molecule has 3 rings (SSSR count). The molecular weight excluding hydrogens is 474 g/mol. The Morgan fingerprint density at radius 3 is 1.78 bits per heavy atom. The van der Waals surface area contributed by atoms with Crippen LogP contribution in [0.1, 0.15) is 25.7 Å². The Bertz CT molecular complexity index is 594. The minimum atomic E-state index is -1.19. The van der Waals surface area contributed by atoms with E-state index in [1.54, 1.807) is 0 Å². The van der Waals surface area contributed by atoms with Gasteiger partial charge in [-0.15, -0.1) is 12.0 Å². The molecule has 2 saturated carbocycles. The largest absolute Gasteiger partial charge is 4.00 e. The maximum atomic E-state index is 8.47. The smallest absolute Gasteiger partial charge is 0.671 e. The molecule has 6 heteroatoms. The number of rotatable bonds is 3. The molecule has 1 N–H and O–H groups in total. The van der Waals surface area contributed by atoms with E-state index < -0.39 is 16.1 Å². The van der Waals surface area contributed by atoms with Crippen molar-refractivity contribution in [2.24, 2.45) is 23.7 Å². The number of carbonyl (C=O) groups is 1. The third-order valence-electron chi connectivity index (χ3n) is 6.24. The normalized spacial score (nSPS) is 24.4. The van der Waals surface area contributed by atoms with Crippen molar-refractivity contribution in [3.8, 4) is 0 Å². The summed E-state index contributed by atoms with van der Waals surface area (Å²) < 4.78 is 0. The summed E-state index contributed by atoms with van der Waals surface area (Å²) in [5, 5.41) is 2.73. The van der Waals surface area contributed by atoms with Gasteiger partial charge in [-0.25, -0.2) is 0 Å². The van der Waals surface area contributed by atoms with Gasteiger partial charge in [0.1, 0.15) is 0 Å². The summed E-state index contributed by atoms with van der Waals surface area (Å²) in [5.41, 5.74) is 5.53. The summed E-state index contributed by atoms with van der Waals surface area (Å²) in [5.74, 6) is 3.56. The van der Waals surface area contributed by atoms with Gasteiger partial charge in [-0.05, 0) is 16.9 Å². The molecule has 4 atom stereocenters. The van der Waals surface area contributed by atoms with E-state index in [0.717, 1.165) is 23.7 Å². The van der Waals surface area contributed by atoms with Crippen LogP contribution in [0.15, 0.2) is 47.9 Å². The van der Waals surface area contributed by atoms with Gasteiger partial charge >= 0.3 is 21.7 Å². The van der Waals surface area contributed by atoms with E-state index in [2.05, 4.69) is 83.2 Å². The van der Waals surface area contributed by atoms with Gasteiger partial charge in [-0.3, -0.25) is 0 Å². The first-order valence-electron chi connectivity index (χ1n) is 10.6. The Balaban J connectivity index is -0.000000197. The summed E-state index contributed by atoms with van der Waals surface area (Å²) in [7, 11) is -2.39. The number of hydrogen-bond acceptors (Lipinski definition) is 1. The van der Waals surface area contributed by atoms with E-state index in [4.69, 9.17) is 10.5 Å². The van der Waals surface area contributed by atoms with Gasteiger partial charge in [0.25, 0.3) is 0 Å². The molecule has 3 aliphatic rings. The zero-order valence-corrected chi connectivity index (χ0v) is 25.0. The second-order valence-corrected chi connectivity index (χ2v) is 20.5. The third-order valence-corrected chi connectivity index (χ3v) is 10.7. The summed E-state index contributed by atoms with van der Waals surface area (Å²) >= 11 is 0. The second-order valence-electron chi connectivity index (χ2n) is 10.3. The van der Waals surface area contributed by atoms with Gasteiger partial charge in [0.15, 0.2) is 0 Å². The fourth-order valence-electron chi connectivity index (χ4n) is 4.36. The average Bonchev–Trinajstić information content (AvgIpc) is 2.99. The van der Waals surface area contributed by atoms with Crippen molar-refractivity contribution in [1.29, 1.82) is 0 Å². The molecule has 32 heavy (non-hydrogen) atoms. The van der Waals surface area contributed by atoms with E-state index in [-0.39, 0.29) is 53.9 Å². The van der Waals surface area contributed by atoms with E-state index in [1.165, 1.54) is 36.1 Å². The molecule has 182 valence electrons. The van der Waals surface area contributed by atoms with Crippen molar-refractivity contribution in [3.63, 3.8) is 0 Å². The zero-order valence-electron chi connectivity index (χ0n) is 21.4. The standard InChI is InChI=1S/C13H17.C10H22Si2.CH3NO.2CH3.H4Si.Ti/c1-3-7-12-10(5-1)9-11-6-2-4-8-13(11)12;1-9(11(3,4)5)10(2)12(6,7)8;2-1-3;;;;/h1,3,5,7,9-13H,2,4,6,8H2;1-2H2,3-8H3;1H,(H2,2,3);2*1H3;1H4;/q-1;;;2*-1;;+4/p-1. The third kappa shape index (κ3) is 11.8. The summed E-state index contributed by atoms with van der Waals surface area (Å²) in [6.45, 7) is 22.4. The van der Waals surface area contributed by atoms with Crippen molar-refractivity contribution >= 4 is 33.5 Å². The second kappa shape index (κ2) is 17.3. The quantitative estimate of drug-likeness (QED) is 0.172. The van der Waals surface area contributed by atoms with Gasteiger partial charge in [0, 0.05) is 6.41 Å². The van der Waals surface area contributed by atoms with E-state index in [1.807, 2.05) is 0 Å². The minimum absolute atomic E-state index is 0. The first kappa shape index (κ1) is 39.0. The maximum absolute atomic E-state index is 8.47. The summed E-state index contributed by atoms with van der Waals surface area (Å²) in [4.78, 5) is 8.47. The van der Waals surface area contributed by atoms with Crippen LogP contribution >= 0.6 is 0 Å². The average molecular weight is 526 g/mol. The number of amides is 1. The van der Waals surface area contributed by atoms with Gasteiger partial charge in [-0.1, -0.05) is 113 Å². The first-order chi connectivity index (χ1) is 12.9. The molecule has 0 saturated heterocycles. The van der Waals surface area contributed by atoms with Crippen molar-refractivity contribution in [3.05, 3.63) is 74.9 Å². The Kier molecular flexibility index (Phi) is 21.1. The van der Waals surface area contributed by atoms with Crippen LogP contribution in [0, 0.1) is 44.9 Å². The van der Waals surface area contributed by atoms with Crippen LogP contribution in [0.25, 0.3) is 5.73 Å². The van der Waals surface area contributed by atoms with Crippen molar-refractivity contribution < 1.29 is 26.5 Å². The number of nitrogens with one attached hydrogen (secondary N) is 1. The SMILES string of the molecule is C1=CC2[CH-]C3CCCCC3C2C=C1.C=C(C(=C)[Si](C)(C)C)[Si](C)(C)C.[CH3-].[CH3-].[NH-]C=O.[SiH4].[Ti+4]. The number of allylic oxidation sites excluding steroid dienone is 6. The molecule has 0 spiro atoms. The predicted molar refractivity (Wildman–Crippen MR) is 155 cm³/mol. The molecule has 3 aliphatic carbocycles. The van der Waals surface area contributed by atoms with Gasteiger partial charge in [-0.2, -0.15) is 5.92 Å². The monoisotopic (exact) mass is 525 g/mol. The Morgan fingerprint density at radius 1 is 0.938 bits per heavy atom. The van der Waals surface area contributed by atoms with Crippen molar-refractivity contribution in [1.82, 2.24) is 0 Å². The summed E-state index contributed by atoms with van der Waals surface area (Å²) in [6, 6.07) is 0. The molecule has 4 unspecified atom stereocenters. The molecule has 1 amide bonds. The first-order valence-corrected chi connectivity index (χ1v) is 17.6. The Morgan fingerprint density at radius 2 is 1.34 bits per heavy atom. The van der Waals surface area contributed by atoms with Crippen LogP contribution < -0.4 is 0 Å². The van der Waals surface area contributed by atoms with Crippen LogP contribution in [-0.2, 0) is 26.5 Å². The molecule has 0 aromatic carbocycles. The van der Waals surface area contributed by atoms with E-state index in [0.29, 0.717) is 0 Å². The topological polar surface area (TPSA) is 40.9 Å². The van der Waals surface area contributed by atoms with Crippen LogP contribution in [0.5, 0.6) is 0 Å². The fraction of sp³-hybridized carbons (Fsp3) is 0.538. The number of carbonyl (C=O) groups excluding carboxylic acids is 1. The van der Waals surface area contributed by atoms with Gasteiger partial charge in [0.2, 0.25) is 0 Å². The molecule has 0 radical (unpaired) electrons. The molecule has 0 aromatic heterocycles. The number of fused-ring (bicyclic) bond motifs is 3. The van der Waals surface area contributed by atoms with Gasteiger partial charge in [0.05, 0.1) is 16.1 Å². The fourth-order valence-corrected chi connectivity index (χ4v) is 8.42.